The molecule has 1 amide bonds. The first-order chi connectivity index (χ1) is 10.5. The van der Waals surface area contributed by atoms with Gasteiger partial charge in [0.1, 0.15) is 17.2 Å². The van der Waals surface area contributed by atoms with Crippen LogP contribution < -0.4 is 11.0 Å². The normalized spacial score (nSPS) is 12.3. The number of benzene rings is 1. The molecule has 0 aliphatic carbocycles. The number of para-hydroxylation sites is 1. The number of amides is 1. The first-order valence-electron chi connectivity index (χ1n) is 6.90. The molecule has 6 heteroatoms. The summed E-state index contributed by atoms with van der Waals surface area (Å²) in [5.41, 5.74) is 0.876. The maximum Gasteiger partial charge on any atom is 0.347 e. The molecule has 0 saturated heterocycles. The minimum atomic E-state index is -0.494. The third-order valence-corrected chi connectivity index (χ3v) is 3.40. The molecular formula is C16H15N3O3. The second-order valence-corrected chi connectivity index (χ2v) is 5.15. The Labute approximate surface area is 126 Å². The van der Waals surface area contributed by atoms with Gasteiger partial charge >= 0.3 is 5.69 Å². The zero-order valence-electron chi connectivity index (χ0n) is 12.2. The number of aromatic amines is 1. The van der Waals surface area contributed by atoms with Crippen molar-refractivity contribution in [1.82, 2.24) is 9.97 Å². The van der Waals surface area contributed by atoms with E-state index in [2.05, 4.69) is 15.3 Å². The molecule has 2 N–H and O–H groups in total. The molecule has 1 aromatic carbocycles. The lowest BCUT2D eigenvalue weighted by molar-refractivity contribution is -0.117. The fourth-order valence-electron chi connectivity index (χ4n) is 2.22. The summed E-state index contributed by atoms with van der Waals surface area (Å²) >= 11 is 0. The molecule has 6 nitrogen and oxygen atoms in total. The minimum absolute atomic E-state index is 0.231. The minimum Gasteiger partial charge on any atom is -0.460 e. The van der Waals surface area contributed by atoms with E-state index in [-0.39, 0.29) is 11.7 Å². The van der Waals surface area contributed by atoms with Crippen molar-refractivity contribution >= 4 is 22.7 Å². The van der Waals surface area contributed by atoms with Crippen molar-refractivity contribution in [3.63, 3.8) is 0 Å². The highest BCUT2D eigenvalue weighted by Crippen LogP contribution is 2.25. The number of carbonyl (C=O) groups excluding carboxylic acids is 1. The van der Waals surface area contributed by atoms with E-state index in [1.54, 1.807) is 19.9 Å². The predicted octanol–water partition coefficient (Wildman–Crippen LogP) is 2.57. The zero-order valence-corrected chi connectivity index (χ0v) is 12.2. The molecule has 0 aliphatic heterocycles. The molecule has 0 unspecified atom stereocenters. The summed E-state index contributed by atoms with van der Waals surface area (Å²) < 4.78 is 5.69. The van der Waals surface area contributed by atoms with Gasteiger partial charge in [0.15, 0.2) is 0 Å². The summed E-state index contributed by atoms with van der Waals surface area (Å²) in [6.07, 6.45) is 0. The predicted molar refractivity (Wildman–Crippen MR) is 82.9 cm³/mol. The van der Waals surface area contributed by atoms with Crippen molar-refractivity contribution in [3.05, 3.63) is 58.3 Å². The van der Waals surface area contributed by atoms with Crippen molar-refractivity contribution in [2.24, 2.45) is 0 Å². The zero-order chi connectivity index (χ0) is 15.7. The monoisotopic (exact) mass is 297 g/mol. The topological polar surface area (TPSA) is 88.0 Å². The number of rotatable bonds is 3. The van der Waals surface area contributed by atoms with Crippen LogP contribution in [0.1, 0.15) is 24.3 Å². The van der Waals surface area contributed by atoms with Crippen LogP contribution in [0.15, 0.2) is 45.6 Å². The number of furan rings is 1. The van der Waals surface area contributed by atoms with Gasteiger partial charge in [0.05, 0.1) is 5.92 Å². The van der Waals surface area contributed by atoms with E-state index in [1.165, 1.54) is 0 Å². The molecule has 0 saturated carbocycles. The van der Waals surface area contributed by atoms with E-state index in [0.29, 0.717) is 11.5 Å². The van der Waals surface area contributed by atoms with E-state index >= 15 is 0 Å². The summed E-state index contributed by atoms with van der Waals surface area (Å²) in [6, 6.07) is 11.0. The van der Waals surface area contributed by atoms with Crippen molar-refractivity contribution < 1.29 is 9.21 Å². The Morgan fingerprint density at radius 1 is 1.32 bits per heavy atom. The second-order valence-electron chi connectivity index (χ2n) is 5.15. The number of nitrogens with zero attached hydrogens (tertiary/aromatic N) is 1. The van der Waals surface area contributed by atoms with Crippen LogP contribution in [0.3, 0.4) is 0 Å². The number of aromatic nitrogens is 2. The van der Waals surface area contributed by atoms with E-state index < -0.39 is 11.6 Å². The van der Waals surface area contributed by atoms with Gasteiger partial charge in [-0.05, 0) is 26.0 Å². The first-order valence-corrected chi connectivity index (χ1v) is 6.90. The van der Waals surface area contributed by atoms with Gasteiger partial charge in [-0.25, -0.2) is 4.79 Å². The number of aryl methyl sites for hydroxylation is 1. The summed E-state index contributed by atoms with van der Waals surface area (Å²) in [7, 11) is 0. The molecule has 1 atom stereocenters. The number of fused-ring (bicyclic) bond motifs is 1. The fraction of sp³-hybridized carbons (Fsp3) is 0.188. The quantitative estimate of drug-likeness (QED) is 0.777. The maximum absolute atomic E-state index is 12.3. The molecule has 0 fully saturated rings. The molecular weight excluding hydrogens is 282 g/mol. The SMILES string of the molecule is Cc1cc(NC(=O)[C@H](C)c2cc3ccccc3o2)nc(=O)[nH]1. The van der Waals surface area contributed by atoms with Gasteiger partial charge in [-0.15, -0.1) is 0 Å². The lowest BCUT2D eigenvalue weighted by atomic mass is 10.1. The van der Waals surface area contributed by atoms with E-state index in [0.717, 1.165) is 11.0 Å². The Hall–Kier alpha value is -2.89. The van der Waals surface area contributed by atoms with Gasteiger partial charge in [0.2, 0.25) is 5.91 Å². The van der Waals surface area contributed by atoms with Crippen LogP contribution >= 0.6 is 0 Å². The Bertz CT molecular complexity index is 862. The molecule has 0 aliphatic rings. The summed E-state index contributed by atoms with van der Waals surface area (Å²) in [4.78, 5) is 29.8. The van der Waals surface area contributed by atoms with Crippen LogP contribution in [0.5, 0.6) is 0 Å². The summed E-state index contributed by atoms with van der Waals surface area (Å²) in [6.45, 7) is 3.47. The highest BCUT2D eigenvalue weighted by atomic mass is 16.3. The van der Waals surface area contributed by atoms with Crippen molar-refractivity contribution in [1.29, 1.82) is 0 Å². The van der Waals surface area contributed by atoms with Gasteiger partial charge in [-0.3, -0.25) is 4.79 Å². The molecule has 22 heavy (non-hydrogen) atoms. The van der Waals surface area contributed by atoms with Gasteiger partial charge in [0, 0.05) is 17.1 Å². The molecule has 3 rings (SSSR count). The van der Waals surface area contributed by atoms with Crippen LogP contribution in [0.25, 0.3) is 11.0 Å². The van der Waals surface area contributed by atoms with Crippen molar-refractivity contribution in [2.75, 3.05) is 5.32 Å². The van der Waals surface area contributed by atoms with Crippen molar-refractivity contribution in [2.45, 2.75) is 19.8 Å². The number of H-pyrrole nitrogens is 1. The van der Waals surface area contributed by atoms with Gasteiger partial charge in [0.25, 0.3) is 0 Å². The standard InChI is InChI=1S/C16H15N3O3/c1-9-7-14(19-16(21)17-9)18-15(20)10(2)13-8-11-5-3-4-6-12(11)22-13/h3-8,10H,1-2H3,(H2,17,18,19,20,21)/t10-/m1/s1. The molecule has 0 spiro atoms. The second kappa shape index (κ2) is 5.48. The largest absolute Gasteiger partial charge is 0.460 e. The number of carbonyl (C=O) groups is 1. The molecule has 3 aromatic rings. The summed E-state index contributed by atoms with van der Waals surface area (Å²) in [5, 5.41) is 3.58. The van der Waals surface area contributed by atoms with Crippen LogP contribution in [0, 0.1) is 6.92 Å². The van der Waals surface area contributed by atoms with E-state index in [9.17, 15) is 9.59 Å². The lowest BCUT2D eigenvalue weighted by Crippen LogP contribution is -2.22. The Morgan fingerprint density at radius 2 is 2.09 bits per heavy atom. The summed E-state index contributed by atoms with van der Waals surface area (Å²) in [5.74, 6) is 0.0276. The highest BCUT2D eigenvalue weighted by Gasteiger charge is 2.20. The number of anilines is 1. The smallest absolute Gasteiger partial charge is 0.347 e. The van der Waals surface area contributed by atoms with E-state index in [1.807, 2.05) is 30.3 Å². The Kier molecular flexibility index (Phi) is 3.50. The lowest BCUT2D eigenvalue weighted by Gasteiger charge is -2.09. The van der Waals surface area contributed by atoms with Gasteiger partial charge in [-0.1, -0.05) is 18.2 Å². The molecule has 0 radical (unpaired) electrons. The molecule has 112 valence electrons. The number of hydrogen-bond donors (Lipinski definition) is 2. The van der Waals surface area contributed by atoms with Crippen LogP contribution in [0.2, 0.25) is 0 Å². The van der Waals surface area contributed by atoms with E-state index in [4.69, 9.17) is 4.42 Å². The van der Waals surface area contributed by atoms with Crippen molar-refractivity contribution in [3.8, 4) is 0 Å². The fourth-order valence-corrected chi connectivity index (χ4v) is 2.22. The average Bonchev–Trinajstić information content (AvgIpc) is 2.89. The van der Waals surface area contributed by atoms with Crippen LogP contribution in [-0.4, -0.2) is 15.9 Å². The average molecular weight is 297 g/mol. The maximum atomic E-state index is 12.3. The highest BCUT2D eigenvalue weighted by molar-refractivity contribution is 5.95. The number of hydrogen-bond acceptors (Lipinski definition) is 4. The van der Waals surface area contributed by atoms with Gasteiger partial charge in [-0.2, -0.15) is 4.98 Å². The third kappa shape index (κ3) is 2.76. The first kappa shape index (κ1) is 14.1. The molecule has 2 aromatic heterocycles. The third-order valence-electron chi connectivity index (χ3n) is 3.40. The van der Waals surface area contributed by atoms with Crippen LogP contribution in [-0.2, 0) is 4.79 Å². The molecule has 2 heterocycles. The molecule has 0 bridgehead atoms. The Morgan fingerprint density at radius 3 is 2.82 bits per heavy atom. The number of nitrogens with one attached hydrogen (secondary N) is 2. The Balaban J connectivity index is 1.83. The van der Waals surface area contributed by atoms with Gasteiger partial charge < -0.3 is 14.7 Å². The van der Waals surface area contributed by atoms with Crippen LogP contribution in [0.4, 0.5) is 5.82 Å².